The van der Waals surface area contributed by atoms with Crippen molar-refractivity contribution in [3.05, 3.63) is 28.8 Å². The lowest BCUT2D eigenvalue weighted by Crippen LogP contribution is -2.13. The largest absolute Gasteiger partial charge is 0.409 e. The third kappa shape index (κ3) is 3.59. The quantitative estimate of drug-likeness (QED) is 0.213. The Morgan fingerprint density at radius 2 is 2.38 bits per heavy atom. The van der Waals surface area contributed by atoms with Gasteiger partial charge in [0.2, 0.25) is 0 Å². The molecule has 6 heteroatoms. The molecule has 0 atom stereocenters. The van der Waals surface area contributed by atoms with E-state index in [0.29, 0.717) is 17.2 Å². The number of halogens is 1. The molecule has 0 fully saturated rings. The number of ether oxygens (including phenoxy) is 1. The van der Waals surface area contributed by atoms with Crippen molar-refractivity contribution in [1.82, 2.24) is 0 Å². The standard InChI is InChI=1S/C10H13ClN2O2S/c1-15-4-5-16-7-2-3-8(9(11)6-7)10(12)13-14/h2-3,6,14H,4-5H2,1H3,(H2,12,13). The maximum atomic E-state index is 8.54. The average molecular weight is 261 g/mol. The molecule has 0 saturated heterocycles. The van der Waals surface area contributed by atoms with Gasteiger partial charge in [0.25, 0.3) is 0 Å². The number of hydrogen-bond donors (Lipinski definition) is 2. The predicted octanol–water partition coefficient (Wildman–Crippen LogP) is 2.17. The lowest BCUT2D eigenvalue weighted by Gasteiger charge is -2.05. The molecule has 0 radical (unpaired) electrons. The van der Waals surface area contributed by atoms with Crippen LogP contribution >= 0.6 is 23.4 Å². The fourth-order valence-corrected chi connectivity index (χ4v) is 2.28. The molecule has 0 spiro atoms. The first-order chi connectivity index (χ1) is 7.69. The first kappa shape index (κ1) is 13.2. The predicted molar refractivity (Wildman–Crippen MR) is 66.6 cm³/mol. The first-order valence-corrected chi connectivity index (χ1v) is 5.94. The van der Waals surface area contributed by atoms with Crippen LogP contribution in [0.4, 0.5) is 0 Å². The number of hydrogen-bond acceptors (Lipinski definition) is 4. The number of thioether (sulfide) groups is 1. The van der Waals surface area contributed by atoms with Gasteiger partial charge < -0.3 is 15.7 Å². The van der Waals surface area contributed by atoms with E-state index in [9.17, 15) is 0 Å². The number of rotatable bonds is 5. The molecule has 1 aromatic rings. The lowest BCUT2D eigenvalue weighted by molar-refractivity contribution is 0.218. The van der Waals surface area contributed by atoms with E-state index in [4.69, 9.17) is 27.3 Å². The molecule has 0 heterocycles. The van der Waals surface area contributed by atoms with E-state index in [0.717, 1.165) is 10.6 Å². The summed E-state index contributed by atoms with van der Waals surface area (Å²) in [5.74, 6) is 0.869. The van der Waals surface area contributed by atoms with Gasteiger partial charge in [0, 0.05) is 23.3 Å². The fraction of sp³-hybridized carbons (Fsp3) is 0.300. The van der Waals surface area contributed by atoms with Gasteiger partial charge in [0.1, 0.15) is 0 Å². The second-order valence-electron chi connectivity index (χ2n) is 2.97. The van der Waals surface area contributed by atoms with Crippen molar-refractivity contribution in [2.45, 2.75) is 4.90 Å². The van der Waals surface area contributed by atoms with E-state index >= 15 is 0 Å². The van der Waals surface area contributed by atoms with Gasteiger partial charge >= 0.3 is 0 Å². The van der Waals surface area contributed by atoms with Crippen molar-refractivity contribution in [2.24, 2.45) is 10.9 Å². The van der Waals surface area contributed by atoms with E-state index in [1.165, 1.54) is 0 Å². The molecule has 0 unspecified atom stereocenters. The summed E-state index contributed by atoms with van der Waals surface area (Å²) in [5.41, 5.74) is 5.98. The normalized spacial score (nSPS) is 11.8. The van der Waals surface area contributed by atoms with E-state index in [2.05, 4.69) is 5.16 Å². The highest BCUT2D eigenvalue weighted by Gasteiger charge is 2.06. The molecule has 0 amide bonds. The Morgan fingerprint density at radius 3 is 2.94 bits per heavy atom. The van der Waals surface area contributed by atoms with Crippen LogP contribution in [0.5, 0.6) is 0 Å². The van der Waals surface area contributed by atoms with Crippen LogP contribution in [0.1, 0.15) is 5.56 Å². The average Bonchev–Trinajstić information content (AvgIpc) is 2.29. The van der Waals surface area contributed by atoms with Gasteiger partial charge in [-0.2, -0.15) is 0 Å². The molecule has 0 bridgehead atoms. The third-order valence-corrected chi connectivity index (χ3v) is 3.15. The van der Waals surface area contributed by atoms with E-state index in [1.807, 2.05) is 6.07 Å². The second-order valence-corrected chi connectivity index (χ2v) is 4.54. The molecule has 0 aromatic heterocycles. The molecule has 4 nitrogen and oxygen atoms in total. The van der Waals surface area contributed by atoms with Crippen molar-refractivity contribution in [1.29, 1.82) is 0 Å². The molecule has 0 aliphatic heterocycles. The van der Waals surface area contributed by atoms with Crippen molar-refractivity contribution < 1.29 is 9.94 Å². The van der Waals surface area contributed by atoms with Gasteiger partial charge in [0.15, 0.2) is 5.84 Å². The summed E-state index contributed by atoms with van der Waals surface area (Å²) in [6.45, 7) is 0.685. The zero-order chi connectivity index (χ0) is 12.0. The highest BCUT2D eigenvalue weighted by atomic mass is 35.5. The minimum absolute atomic E-state index is 0.0124. The van der Waals surface area contributed by atoms with Crippen LogP contribution in [0.3, 0.4) is 0 Å². The first-order valence-electron chi connectivity index (χ1n) is 4.58. The molecular formula is C10H13ClN2O2S. The molecule has 0 aliphatic carbocycles. The number of amidine groups is 1. The molecular weight excluding hydrogens is 248 g/mol. The summed E-state index contributed by atoms with van der Waals surface area (Å²) < 4.78 is 4.95. The van der Waals surface area contributed by atoms with Gasteiger partial charge in [-0.1, -0.05) is 16.8 Å². The maximum Gasteiger partial charge on any atom is 0.171 e. The molecule has 88 valence electrons. The number of nitrogens with zero attached hydrogens (tertiary/aromatic N) is 1. The Bertz CT molecular complexity index is 385. The van der Waals surface area contributed by atoms with E-state index in [1.54, 1.807) is 31.0 Å². The van der Waals surface area contributed by atoms with Gasteiger partial charge in [-0.3, -0.25) is 0 Å². The van der Waals surface area contributed by atoms with Crippen LogP contribution < -0.4 is 5.73 Å². The summed E-state index contributed by atoms with van der Waals surface area (Å²) in [5, 5.41) is 11.9. The lowest BCUT2D eigenvalue weighted by atomic mass is 10.2. The van der Waals surface area contributed by atoms with Crippen molar-refractivity contribution in [3.8, 4) is 0 Å². The smallest absolute Gasteiger partial charge is 0.171 e. The van der Waals surface area contributed by atoms with Gasteiger partial charge in [-0.15, -0.1) is 11.8 Å². The van der Waals surface area contributed by atoms with E-state index in [-0.39, 0.29) is 5.84 Å². The van der Waals surface area contributed by atoms with Gasteiger partial charge in [-0.05, 0) is 18.2 Å². The third-order valence-electron chi connectivity index (χ3n) is 1.88. The van der Waals surface area contributed by atoms with Crippen molar-refractivity contribution in [2.75, 3.05) is 19.5 Å². The topological polar surface area (TPSA) is 67.8 Å². The highest BCUT2D eigenvalue weighted by molar-refractivity contribution is 7.99. The zero-order valence-electron chi connectivity index (χ0n) is 8.81. The van der Waals surface area contributed by atoms with Crippen LogP contribution in [0.2, 0.25) is 5.02 Å². The monoisotopic (exact) mass is 260 g/mol. The van der Waals surface area contributed by atoms with Crippen LogP contribution in [0.25, 0.3) is 0 Å². The fourth-order valence-electron chi connectivity index (χ4n) is 1.09. The number of nitrogens with two attached hydrogens (primary N) is 1. The Morgan fingerprint density at radius 1 is 1.62 bits per heavy atom. The highest BCUT2D eigenvalue weighted by Crippen LogP contribution is 2.24. The maximum absolute atomic E-state index is 8.54. The van der Waals surface area contributed by atoms with Gasteiger partial charge in [-0.25, -0.2) is 0 Å². The molecule has 1 aromatic carbocycles. The SMILES string of the molecule is COCCSc1ccc(C(N)=NO)c(Cl)c1. The zero-order valence-corrected chi connectivity index (χ0v) is 10.4. The van der Waals surface area contributed by atoms with Crippen LogP contribution in [-0.4, -0.2) is 30.5 Å². The Kier molecular flexibility index (Phi) is 5.45. The number of oxime groups is 1. The Hall–Kier alpha value is -0.910. The van der Waals surface area contributed by atoms with Crippen molar-refractivity contribution in [3.63, 3.8) is 0 Å². The molecule has 0 saturated carbocycles. The summed E-state index contributed by atoms with van der Waals surface area (Å²) in [4.78, 5) is 1.02. The summed E-state index contributed by atoms with van der Waals surface area (Å²) in [7, 11) is 1.66. The second kappa shape index (κ2) is 6.62. The minimum Gasteiger partial charge on any atom is -0.409 e. The van der Waals surface area contributed by atoms with Crippen LogP contribution in [0, 0.1) is 0 Å². The Labute approximate surface area is 103 Å². The summed E-state index contributed by atoms with van der Waals surface area (Å²) >= 11 is 7.63. The molecule has 1 rings (SSSR count). The molecule has 3 N–H and O–H groups in total. The molecule has 0 aliphatic rings. The van der Waals surface area contributed by atoms with Crippen molar-refractivity contribution >= 4 is 29.2 Å². The number of methoxy groups -OCH3 is 1. The minimum atomic E-state index is 0.0124. The summed E-state index contributed by atoms with van der Waals surface area (Å²) in [6, 6.07) is 5.39. The van der Waals surface area contributed by atoms with Gasteiger partial charge in [0.05, 0.1) is 11.6 Å². The van der Waals surface area contributed by atoms with Crippen LogP contribution in [0.15, 0.2) is 28.3 Å². The van der Waals surface area contributed by atoms with E-state index < -0.39 is 0 Å². The number of benzene rings is 1. The Balaban J connectivity index is 2.75. The molecule has 16 heavy (non-hydrogen) atoms. The summed E-state index contributed by atoms with van der Waals surface area (Å²) in [6.07, 6.45) is 0. The van der Waals surface area contributed by atoms with Crippen LogP contribution in [-0.2, 0) is 4.74 Å².